The summed E-state index contributed by atoms with van der Waals surface area (Å²) in [6.45, 7) is 1.80. The molecule has 1 aromatic carbocycles. The Morgan fingerprint density at radius 2 is 1.71 bits per heavy atom. The highest BCUT2D eigenvalue weighted by atomic mass is 35.5. The van der Waals surface area contributed by atoms with Crippen molar-refractivity contribution >= 4 is 45.3 Å². The molecule has 0 bridgehead atoms. The Morgan fingerprint density at radius 3 is 2.42 bits per heavy atom. The molecule has 0 aliphatic rings. The molecule has 120 valence electrons. The van der Waals surface area contributed by atoms with E-state index in [1.807, 2.05) is 0 Å². The van der Waals surface area contributed by atoms with E-state index in [0.29, 0.717) is 37.9 Å². The number of aromatic nitrogens is 5. The fourth-order valence-corrected chi connectivity index (χ4v) is 3.39. The zero-order chi connectivity index (χ0) is 17.0. The summed E-state index contributed by atoms with van der Waals surface area (Å²) < 4.78 is 0. The van der Waals surface area contributed by atoms with Crippen molar-refractivity contribution in [2.24, 2.45) is 0 Å². The normalized spacial score (nSPS) is 11.5. The fourth-order valence-electron chi connectivity index (χ4n) is 2.80. The van der Waals surface area contributed by atoms with Crippen molar-refractivity contribution in [2.45, 2.75) is 6.92 Å². The summed E-state index contributed by atoms with van der Waals surface area (Å²) in [4.78, 5) is 33.1. The third-order valence-corrected chi connectivity index (χ3v) is 4.41. The lowest BCUT2D eigenvalue weighted by molar-refractivity contribution is 1.04. The van der Waals surface area contributed by atoms with Crippen molar-refractivity contribution in [3.63, 3.8) is 0 Å². The predicted octanol–water partition coefficient (Wildman–Crippen LogP) is 2.77. The van der Waals surface area contributed by atoms with Crippen LogP contribution in [-0.4, -0.2) is 25.1 Å². The van der Waals surface area contributed by atoms with Gasteiger partial charge >= 0.3 is 5.69 Å². The summed E-state index contributed by atoms with van der Waals surface area (Å²) in [6.07, 6.45) is 0. The molecule has 4 rings (SSSR count). The zero-order valence-corrected chi connectivity index (χ0v) is 13.7. The smallest absolute Gasteiger partial charge is 0.291 e. The second kappa shape index (κ2) is 5.19. The van der Waals surface area contributed by atoms with Gasteiger partial charge in [0.25, 0.3) is 5.56 Å². The number of nitrogens with zero attached hydrogens (tertiary/aromatic N) is 2. The van der Waals surface area contributed by atoms with Gasteiger partial charge in [-0.1, -0.05) is 29.3 Å². The molecule has 0 aliphatic carbocycles. The van der Waals surface area contributed by atoms with Crippen LogP contribution in [0.25, 0.3) is 33.2 Å². The van der Waals surface area contributed by atoms with Gasteiger partial charge in [-0.05, 0) is 19.1 Å². The first-order valence-electron chi connectivity index (χ1n) is 6.92. The number of aromatic amines is 3. The summed E-state index contributed by atoms with van der Waals surface area (Å²) in [6, 6.07) is 5.06. The Balaban J connectivity index is 2.37. The van der Waals surface area contributed by atoms with Gasteiger partial charge in [0.15, 0.2) is 5.65 Å². The van der Waals surface area contributed by atoms with E-state index < -0.39 is 11.2 Å². The third-order valence-electron chi connectivity index (χ3n) is 3.78. The maximum absolute atomic E-state index is 12.5. The van der Waals surface area contributed by atoms with Gasteiger partial charge in [0.2, 0.25) is 0 Å². The number of fused-ring (bicyclic) bond motifs is 2. The van der Waals surface area contributed by atoms with Crippen LogP contribution in [0.15, 0.2) is 27.8 Å². The molecule has 0 saturated carbocycles. The molecule has 0 aliphatic heterocycles. The summed E-state index contributed by atoms with van der Waals surface area (Å²) >= 11 is 12.7. The van der Waals surface area contributed by atoms with Crippen molar-refractivity contribution in [1.29, 1.82) is 0 Å². The van der Waals surface area contributed by atoms with E-state index in [1.54, 1.807) is 25.1 Å². The van der Waals surface area contributed by atoms with Crippen molar-refractivity contribution in [3.05, 3.63) is 54.8 Å². The molecule has 0 amide bonds. The van der Waals surface area contributed by atoms with Gasteiger partial charge in [0, 0.05) is 26.9 Å². The van der Waals surface area contributed by atoms with E-state index in [2.05, 4.69) is 25.1 Å². The molecule has 0 fully saturated rings. The van der Waals surface area contributed by atoms with Crippen molar-refractivity contribution in [1.82, 2.24) is 25.1 Å². The second-order valence-electron chi connectivity index (χ2n) is 5.26. The zero-order valence-electron chi connectivity index (χ0n) is 12.2. The van der Waals surface area contributed by atoms with Crippen LogP contribution in [0, 0.1) is 6.92 Å². The lowest BCUT2D eigenvalue weighted by Gasteiger charge is -2.11. The molecule has 7 nitrogen and oxygen atoms in total. The van der Waals surface area contributed by atoms with E-state index in [-0.39, 0.29) is 11.0 Å². The summed E-state index contributed by atoms with van der Waals surface area (Å²) in [5, 5.41) is 8.52. The Kier molecular flexibility index (Phi) is 3.22. The van der Waals surface area contributed by atoms with Crippen LogP contribution in [0.2, 0.25) is 10.0 Å². The number of halogens is 2. The van der Waals surface area contributed by atoms with E-state index in [9.17, 15) is 9.59 Å². The summed E-state index contributed by atoms with van der Waals surface area (Å²) in [7, 11) is 0. The predicted molar refractivity (Wildman–Crippen MR) is 92.8 cm³/mol. The highest BCUT2D eigenvalue weighted by molar-refractivity contribution is 6.40. The van der Waals surface area contributed by atoms with Crippen LogP contribution in [-0.2, 0) is 0 Å². The minimum Gasteiger partial charge on any atom is -0.291 e. The molecule has 24 heavy (non-hydrogen) atoms. The standard InChI is InChI=1S/C15H9Cl2N5O2/c1-5-8-10(9-6(16)3-2-4-7(9)17)11-12(18-13(8)22-21-5)19-15(24)20-14(11)23/h2-4H,1H3,(H3,18,19,20,21,22,23,24). The number of hydrogen-bond donors (Lipinski definition) is 3. The van der Waals surface area contributed by atoms with Crippen LogP contribution >= 0.6 is 23.2 Å². The molecule has 0 unspecified atom stereocenters. The fraction of sp³-hybridized carbons (Fsp3) is 0.0667. The van der Waals surface area contributed by atoms with E-state index in [1.165, 1.54) is 0 Å². The van der Waals surface area contributed by atoms with Gasteiger partial charge in [-0.25, -0.2) is 9.78 Å². The molecule has 0 saturated heterocycles. The van der Waals surface area contributed by atoms with Gasteiger partial charge in [-0.3, -0.25) is 19.9 Å². The highest BCUT2D eigenvalue weighted by Gasteiger charge is 2.22. The molecule has 3 N–H and O–H groups in total. The lowest BCUT2D eigenvalue weighted by atomic mass is 9.98. The quantitative estimate of drug-likeness (QED) is 0.484. The maximum Gasteiger partial charge on any atom is 0.327 e. The minimum atomic E-state index is -0.650. The monoisotopic (exact) mass is 361 g/mol. The third kappa shape index (κ3) is 2.05. The minimum absolute atomic E-state index is 0.119. The topological polar surface area (TPSA) is 107 Å². The first-order valence-corrected chi connectivity index (χ1v) is 7.68. The van der Waals surface area contributed by atoms with Crippen molar-refractivity contribution in [3.8, 4) is 11.1 Å². The number of nitrogens with one attached hydrogen (secondary N) is 3. The number of pyridine rings is 1. The average Bonchev–Trinajstić information content (AvgIpc) is 2.87. The van der Waals surface area contributed by atoms with Gasteiger partial charge in [0.05, 0.1) is 10.8 Å². The molecule has 0 atom stereocenters. The number of aryl methyl sites for hydroxylation is 1. The molecule has 0 spiro atoms. The number of hydrogen-bond acceptors (Lipinski definition) is 4. The van der Waals surface area contributed by atoms with Gasteiger partial charge < -0.3 is 0 Å². The molecule has 9 heteroatoms. The lowest BCUT2D eigenvalue weighted by Crippen LogP contribution is -2.23. The maximum atomic E-state index is 12.5. The first kappa shape index (κ1) is 14.9. The largest absolute Gasteiger partial charge is 0.327 e. The van der Waals surface area contributed by atoms with Crippen molar-refractivity contribution < 1.29 is 0 Å². The molecule has 4 aromatic rings. The van der Waals surface area contributed by atoms with Crippen molar-refractivity contribution in [2.75, 3.05) is 0 Å². The van der Waals surface area contributed by atoms with E-state index >= 15 is 0 Å². The summed E-state index contributed by atoms with van der Waals surface area (Å²) in [5.41, 5.74) is 0.921. The average molecular weight is 362 g/mol. The number of H-pyrrole nitrogens is 3. The first-order chi connectivity index (χ1) is 11.5. The Bertz CT molecular complexity index is 1220. The Labute approximate surface area is 143 Å². The Hall–Kier alpha value is -2.64. The van der Waals surface area contributed by atoms with E-state index in [0.717, 1.165) is 0 Å². The molecular weight excluding hydrogens is 353 g/mol. The second-order valence-corrected chi connectivity index (χ2v) is 6.08. The molecule has 3 aromatic heterocycles. The SMILES string of the molecule is Cc1[nH]nc2nc3[nH]c(=O)[nH]c(=O)c3c(-c3c(Cl)cccc3Cl)c12. The van der Waals surface area contributed by atoms with Gasteiger partial charge in [-0.2, -0.15) is 5.10 Å². The van der Waals surface area contributed by atoms with Crippen LogP contribution in [0.1, 0.15) is 5.69 Å². The van der Waals surface area contributed by atoms with Gasteiger partial charge in [-0.15, -0.1) is 0 Å². The molecule has 3 heterocycles. The summed E-state index contributed by atoms with van der Waals surface area (Å²) in [5.74, 6) is 0. The Morgan fingerprint density at radius 1 is 1.00 bits per heavy atom. The van der Waals surface area contributed by atoms with Crippen LogP contribution in [0.4, 0.5) is 0 Å². The molecular formula is C15H9Cl2N5O2. The van der Waals surface area contributed by atoms with Gasteiger partial charge in [0.1, 0.15) is 5.65 Å². The number of benzene rings is 1. The van der Waals surface area contributed by atoms with E-state index in [4.69, 9.17) is 23.2 Å². The van der Waals surface area contributed by atoms with Crippen LogP contribution in [0.5, 0.6) is 0 Å². The highest BCUT2D eigenvalue weighted by Crippen LogP contribution is 2.41. The number of rotatable bonds is 1. The molecule has 0 radical (unpaired) electrons. The van der Waals surface area contributed by atoms with Crippen LogP contribution < -0.4 is 11.2 Å². The van der Waals surface area contributed by atoms with Crippen LogP contribution in [0.3, 0.4) is 0 Å².